The van der Waals surface area contributed by atoms with E-state index in [2.05, 4.69) is 22.5 Å². The summed E-state index contributed by atoms with van der Waals surface area (Å²) in [7, 11) is 0. The van der Waals surface area contributed by atoms with E-state index in [1.807, 2.05) is 0 Å². The van der Waals surface area contributed by atoms with Crippen LogP contribution < -0.4 is 16.4 Å². The van der Waals surface area contributed by atoms with Gasteiger partial charge in [0, 0.05) is 26.2 Å². The fraction of sp³-hybridized carbons (Fsp3) is 0.875. The van der Waals surface area contributed by atoms with Crippen LogP contribution in [-0.2, 0) is 0 Å². The second kappa shape index (κ2) is 5.11. The van der Waals surface area contributed by atoms with Gasteiger partial charge in [-0.2, -0.15) is 0 Å². The van der Waals surface area contributed by atoms with Crippen molar-refractivity contribution in [2.45, 2.75) is 19.4 Å². The monoisotopic (exact) mass is 170 g/mol. The van der Waals surface area contributed by atoms with Gasteiger partial charge in [-0.15, -0.1) is 0 Å². The van der Waals surface area contributed by atoms with Gasteiger partial charge >= 0.3 is 0 Å². The van der Waals surface area contributed by atoms with Crippen LogP contribution in [0.25, 0.3) is 0 Å². The fourth-order valence-electron chi connectivity index (χ4n) is 1.21. The molecule has 1 rings (SSSR count). The van der Waals surface area contributed by atoms with Crippen LogP contribution in [0.1, 0.15) is 13.3 Å². The molecule has 70 valence electrons. The quantitative estimate of drug-likeness (QED) is 0.388. The first-order chi connectivity index (χ1) is 5.84. The summed E-state index contributed by atoms with van der Waals surface area (Å²) in [5, 5.41) is 6.58. The number of hydrogen-bond donors (Lipinski definition) is 3. The van der Waals surface area contributed by atoms with Crippen LogP contribution >= 0.6 is 0 Å². The smallest absolute Gasteiger partial charge is 0.112 e. The number of hydrogen-bond acceptors (Lipinski definition) is 3. The predicted octanol–water partition coefficient (Wildman–Crippen LogP) is -0.685. The summed E-state index contributed by atoms with van der Waals surface area (Å²) in [4.78, 5) is 4.26. The van der Waals surface area contributed by atoms with Crippen molar-refractivity contribution in [3.8, 4) is 0 Å². The summed E-state index contributed by atoms with van der Waals surface area (Å²) in [6, 6.07) is 0.241. The van der Waals surface area contributed by atoms with Crippen molar-refractivity contribution in [3.05, 3.63) is 0 Å². The largest absolute Gasteiger partial charge is 0.386 e. The molecule has 4 heteroatoms. The highest BCUT2D eigenvalue weighted by Crippen LogP contribution is 1.88. The van der Waals surface area contributed by atoms with Crippen LogP contribution in [0.5, 0.6) is 0 Å². The Morgan fingerprint density at radius 2 is 2.42 bits per heavy atom. The number of nitrogens with one attached hydrogen (secondary N) is 2. The first-order valence-electron chi connectivity index (χ1n) is 4.58. The molecule has 1 unspecified atom stereocenters. The normalized spacial score (nSPS) is 25.8. The molecule has 1 aliphatic heterocycles. The van der Waals surface area contributed by atoms with E-state index in [0.717, 1.165) is 38.4 Å². The van der Waals surface area contributed by atoms with Crippen LogP contribution in [0.4, 0.5) is 0 Å². The second-order valence-electron chi connectivity index (χ2n) is 3.02. The molecule has 4 nitrogen and oxygen atoms in total. The molecule has 0 saturated carbocycles. The number of amidine groups is 1. The van der Waals surface area contributed by atoms with Gasteiger partial charge in [0.2, 0.25) is 0 Å². The molecule has 0 aromatic rings. The molecule has 12 heavy (non-hydrogen) atoms. The van der Waals surface area contributed by atoms with Crippen LogP contribution in [0.15, 0.2) is 4.99 Å². The Balaban J connectivity index is 2.33. The van der Waals surface area contributed by atoms with Gasteiger partial charge in [-0.1, -0.05) is 6.92 Å². The zero-order valence-electron chi connectivity index (χ0n) is 7.64. The highest BCUT2D eigenvalue weighted by molar-refractivity contribution is 5.86. The number of piperazine rings is 1. The van der Waals surface area contributed by atoms with E-state index in [1.54, 1.807) is 0 Å². The molecule has 0 radical (unpaired) electrons. The molecule has 1 saturated heterocycles. The SMILES string of the molecule is CCCN=C(N)C1CNCCN1. The average molecular weight is 170 g/mol. The number of rotatable bonds is 3. The molecule has 0 aromatic carbocycles. The molecule has 1 fully saturated rings. The lowest BCUT2D eigenvalue weighted by molar-refractivity contribution is 0.485. The van der Waals surface area contributed by atoms with Gasteiger partial charge in [0.15, 0.2) is 0 Å². The van der Waals surface area contributed by atoms with Crippen molar-refractivity contribution >= 4 is 5.84 Å². The molecule has 0 amide bonds. The molecule has 0 bridgehead atoms. The third-order valence-corrected chi connectivity index (χ3v) is 1.92. The number of nitrogens with two attached hydrogens (primary N) is 1. The zero-order chi connectivity index (χ0) is 8.81. The van der Waals surface area contributed by atoms with Crippen LogP contribution in [0, 0.1) is 0 Å². The lowest BCUT2D eigenvalue weighted by Gasteiger charge is -2.23. The van der Waals surface area contributed by atoms with Crippen LogP contribution in [0.2, 0.25) is 0 Å². The van der Waals surface area contributed by atoms with Crippen molar-refractivity contribution in [1.82, 2.24) is 10.6 Å². The number of nitrogens with zero attached hydrogens (tertiary/aromatic N) is 1. The lowest BCUT2D eigenvalue weighted by Crippen LogP contribution is -2.54. The van der Waals surface area contributed by atoms with Crippen LogP contribution in [0.3, 0.4) is 0 Å². The summed E-state index contributed by atoms with van der Waals surface area (Å²) in [5.41, 5.74) is 5.78. The first kappa shape index (κ1) is 9.48. The van der Waals surface area contributed by atoms with E-state index >= 15 is 0 Å². The minimum atomic E-state index is 0.241. The summed E-state index contributed by atoms with van der Waals surface area (Å²) in [6.45, 7) is 5.84. The van der Waals surface area contributed by atoms with Gasteiger partial charge in [0.25, 0.3) is 0 Å². The predicted molar refractivity (Wildman–Crippen MR) is 51.4 cm³/mol. The molecule has 1 heterocycles. The fourth-order valence-corrected chi connectivity index (χ4v) is 1.21. The Bertz CT molecular complexity index is 149. The minimum Gasteiger partial charge on any atom is -0.386 e. The Labute approximate surface area is 73.6 Å². The van der Waals surface area contributed by atoms with E-state index in [1.165, 1.54) is 0 Å². The Morgan fingerprint density at radius 1 is 1.58 bits per heavy atom. The third kappa shape index (κ3) is 2.79. The van der Waals surface area contributed by atoms with Crippen molar-refractivity contribution in [2.75, 3.05) is 26.2 Å². The van der Waals surface area contributed by atoms with Crippen molar-refractivity contribution in [3.63, 3.8) is 0 Å². The average Bonchev–Trinajstić information content (AvgIpc) is 2.15. The minimum absolute atomic E-state index is 0.241. The molecule has 0 spiro atoms. The van der Waals surface area contributed by atoms with Crippen LogP contribution in [-0.4, -0.2) is 38.1 Å². The summed E-state index contributed by atoms with van der Waals surface area (Å²) in [6.07, 6.45) is 1.06. The Morgan fingerprint density at radius 3 is 3.00 bits per heavy atom. The Kier molecular flexibility index (Phi) is 4.04. The highest BCUT2D eigenvalue weighted by Gasteiger charge is 2.14. The van der Waals surface area contributed by atoms with Crippen molar-refractivity contribution in [1.29, 1.82) is 0 Å². The number of aliphatic imine (C=N–C) groups is 1. The second-order valence-corrected chi connectivity index (χ2v) is 3.02. The van der Waals surface area contributed by atoms with Gasteiger partial charge in [0.1, 0.15) is 5.84 Å². The van der Waals surface area contributed by atoms with E-state index in [0.29, 0.717) is 0 Å². The van der Waals surface area contributed by atoms with E-state index in [4.69, 9.17) is 5.73 Å². The van der Waals surface area contributed by atoms with E-state index in [-0.39, 0.29) is 6.04 Å². The topological polar surface area (TPSA) is 62.4 Å². The van der Waals surface area contributed by atoms with Gasteiger partial charge in [-0.25, -0.2) is 0 Å². The molecule has 4 N–H and O–H groups in total. The first-order valence-corrected chi connectivity index (χ1v) is 4.58. The summed E-state index contributed by atoms with van der Waals surface area (Å²) in [5.74, 6) is 0.740. The van der Waals surface area contributed by atoms with Crippen molar-refractivity contribution < 1.29 is 0 Å². The van der Waals surface area contributed by atoms with Gasteiger partial charge in [-0.05, 0) is 6.42 Å². The molecule has 1 aliphatic rings. The molecule has 0 aliphatic carbocycles. The highest BCUT2D eigenvalue weighted by atomic mass is 15.1. The maximum Gasteiger partial charge on any atom is 0.112 e. The lowest BCUT2D eigenvalue weighted by atomic mass is 10.2. The summed E-state index contributed by atoms with van der Waals surface area (Å²) < 4.78 is 0. The van der Waals surface area contributed by atoms with Crippen molar-refractivity contribution in [2.24, 2.45) is 10.7 Å². The molecule has 1 atom stereocenters. The molecule has 0 aromatic heterocycles. The maximum absolute atomic E-state index is 5.78. The Hall–Kier alpha value is -0.610. The zero-order valence-corrected chi connectivity index (χ0v) is 7.64. The van der Waals surface area contributed by atoms with E-state index in [9.17, 15) is 0 Å². The standard InChI is InChI=1S/C8H18N4/c1-2-3-12-8(9)7-6-10-4-5-11-7/h7,10-11H,2-6H2,1H3,(H2,9,12). The maximum atomic E-state index is 5.78. The third-order valence-electron chi connectivity index (χ3n) is 1.92. The summed E-state index contributed by atoms with van der Waals surface area (Å²) >= 11 is 0. The molecular formula is C8H18N4. The van der Waals surface area contributed by atoms with E-state index < -0.39 is 0 Å². The van der Waals surface area contributed by atoms with Gasteiger partial charge in [-0.3, -0.25) is 4.99 Å². The molecular weight excluding hydrogens is 152 g/mol. The van der Waals surface area contributed by atoms with Gasteiger partial charge < -0.3 is 16.4 Å². The van der Waals surface area contributed by atoms with Gasteiger partial charge in [0.05, 0.1) is 6.04 Å².